The highest BCUT2D eigenvalue weighted by Gasteiger charge is 2.38. The van der Waals surface area contributed by atoms with Gasteiger partial charge < -0.3 is 4.74 Å². The van der Waals surface area contributed by atoms with Crippen molar-refractivity contribution < 1.29 is 26.0 Å². The van der Waals surface area contributed by atoms with Crippen molar-refractivity contribution in [3.8, 4) is 5.75 Å². The number of hydrogen-bond acceptors (Lipinski definition) is 6. The van der Waals surface area contributed by atoms with Crippen LogP contribution in [-0.2, 0) is 20.0 Å². The second kappa shape index (κ2) is 9.07. The zero-order valence-electron chi connectivity index (χ0n) is 18.3. The molecule has 34 heavy (non-hydrogen) atoms. The van der Waals surface area contributed by atoms with Crippen molar-refractivity contribution in [3.63, 3.8) is 0 Å². The third-order valence-corrected chi connectivity index (χ3v) is 7.51. The normalized spacial score (nSPS) is 16.3. The highest BCUT2D eigenvalue weighted by molar-refractivity contribution is 7.92. The molecule has 1 aliphatic rings. The molecular formula is C23H22FN3O5S2. The van der Waals surface area contributed by atoms with Gasteiger partial charge in [0.25, 0.3) is 10.0 Å². The van der Waals surface area contributed by atoms with Gasteiger partial charge in [0.05, 0.1) is 30.0 Å². The first-order valence-corrected chi connectivity index (χ1v) is 13.5. The van der Waals surface area contributed by atoms with Crippen LogP contribution in [0.2, 0.25) is 0 Å². The van der Waals surface area contributed by atoms with Crippen molar-refractivity contribution in [2.24, 2.45) is 5.10 Å². The van der Waals surface area contributed by atoms with Crippen molar-refractivity contribution in [2.75, 3.05) is 18.1 Å². The SMILES string of the molecule is COc1cccc([C@H]2CC(c3cccc(NS(C)(=O)=O)c3)=NN2S(=O)(=O)c2ccc(F)cc2)c1. The number of anilines is 1. The lowest BCUT2D eigenvalue weighted by Crippen LogP contribution is -2.27. The Morgan fingerprint density at radius 1 is 1.00 bits per heavy atom. The van der Waals surface area contributed by atoms with Crippen LogP contribution in [0.15, 0.2) is 82.8 Å². The van der Waals surface area contributed by atoms with E-state index in [9.17, 15) is 21.2 Å². The van der Waals surface area contributed by atoms with E-state index in [1.165, 1.54) is 19.2 Å². The van der Waals surface area contributed by atoms with Crippen LogP contribution in [0.25, 0.3) is 0 Å². The first-order valence-electron chi connectivity index (χ1n) is 10.2. The van der Waals surface area contributed by atoms with E-state index in [4.69, 9.17) is 4.74 Å². The highest BCUT2D eigenvalue weighted by atomic mass is 32.2. The predicted molar refractivity (Wildman–Crippen MR) is 127 cm³/mol. The van der Waals surface area contributed by atoms with Crippen LogP contribution in [0.4, 0.5) is 10.1 Å². The molecule has 11 heteroatoms. The third kappa shape index (κ3) is 5.05. The molecule has 0 bridgehead atoms. The van der Waals surface area contributed by atoms with E-state index in [0.717, 1.165) is 22.8 Å². The number of rotatable bonds is 7. The quantitative estimate of drug-likeness (QED) is 0.529. The van der Waals surface area contributed by atoms with Gasteiger partial charge in [-0.05, 0) is 59.7 Å². The van der Waals surface area contributed by atoms with E-state index in [1.54, 1.807) is 48.5 Å². The molecule has 0 amide bonds. The topological polar surface area (TPSA) is 105 Å². The van der Waals surface area contributed by atoms with Crippen LogP contribution < -0.4 is 9.46 Å². The summed E-state index contributed by atoms with van der Waals surface area (Å²) in [6.45, 7) is 0. The number of benzene rings is 3. The molecule has 4 rings (SSSR count). The van der Waals surface area contributed by atoms with E-state index in [2.05, 4.69) is 9.82 Å². The molecule has 0 unspecified atom stereocenters. The number of hydrazone groups is 1. The summed E-state index contributed by atoms with van der Waals surface area (Å²) in [6, 6.07) is 17.4. The summed E-state index contributed by atoms with van der Waals surface area (Å²) in [5.74, 6) is 0.00790. The summed E-state index contributed by atoms with van der Waals surface area (Å²) in [4.78, 5) is -0.0979. The van der Waals surface area contributed by atoms with Gasteiger partial charge >= 0.3 is 0 Å². The van der Waals surface area contributed by atoms with E-state index in [-0.39, 0.29) is 11.3 Å². The Morgan fingerprint density at radius 2 is 1.71 bits per heavy atom. The average molecular weight is 504 g/mol. The molecule has 1 atom stereocenters. The van der Waals surface area contributed by atoms with Crippen molar-refractivity contribution in [2.45, 2.75) is 17.4 Å². The largest absolute Gasteiger partial charge is 0.497 e. The molecule has 3 aromatic carbocycles. The number of ether oxygens (including phenoxy) is 1. The maximum absolute atomic E-state index is 13.5. The maximum Gasteiger partial charge on any atom is 0.279 e. The maximum atomic E-state index is 13.5. The van der Waals surface area contributed by atoms with Crippen LogP contribution in [0.1, 0.15) is 23.6 Å². The minimum atomic E-state index is -4.13. The Balaban J connectivity index is 1.79. The van der Waals surface area contributed by atoms with Crippen molar-refractivity contribution in [1.82, 2.24) is 4.41 Å². The fourth-order valence-electron chi connectivity index (χ4n) is 3.67. The van der Waals surface area contributed by atoms with Crippen molar-refractivity contribution in [3.05, 3.63) is 89.7 Å². The van der Waals surface area contributed by atoms with Crippen LogP contribution in [0.3, 0.4) is 0 Å². The van der Waals surface area contributed by atoms with Gasteiger partial charge in [0.2, 0.25) is 10.0 Å². The first-order chi connectivity index (χ1) is 16.1. The summed E-state index contributed by atoms with van der Waals surface area (Å²) in [5, 5.41) is 4.43. The van der Waals surface area contributed by atoms with Crippen LogP contribution in [0, 0.1) is 5.82 Å². The summed E-state index contributed by atoms with van der Waals surface area (Å²) in [6.07, 6.45) is 1.28. The molecule has 0 radical (unpaired) electrons. The van der Waals surface area contributed by atoms with Gasteiger partial charge in [-0.2, -0.15) is 17.9 Å². The van der Waals surface area contributed by atoms with Gasteiger partial charge in [-0.3, -0.25) is 4.72 Å². The molecule has 3 aromatic rings. The summed E-state index contributed by atoms with van der Waals surface area (Å²) in [7, 11) is -6.10. The summed E-state index contributed by atoms with van der Waals surface area (Å²) >= 11 is 0. The lowest BCUT2D eigenvalue weighted by Gasteiger charge is -2.23. The third-order valence-electron chi connectivity index (χ3n) is 5.21. The van der Waals surface area contributed by atoms with Crippen molar-refractivity contribution in [1.29, 1.82) is 0 Å². The molecule has 1 heterocycles. The van der Waals surface area contributed by atoms with Gasteiger partial charge in [-0.25, -0.2) is 12.8 Å². The van der Waals surface area contributed by atoms with Crippen LogP contribution in [-0.4, -0.2) is 40.3 Å². The van der Waals surface area contributed by atoms with E-state index < -0.39 is 31.9 Å². The van der Waals surface area contributed by atoms with Gasteiger partial charge in [-0.15, -0.1) is 0 Å². The second-order valence-corrected chi connectivity index (χ2v) is 11.3. The molecule has 0 saturated heterocycles. The molecule has 0 fully saturated rings. The molecule has 8 nitrogen and oxygen atoms in total. The zero-order chi connectivity index (χ0) is 24.5. The Labute approximate surface area is 197 Å². The lowest BCUT2D eigenvalue weighted by molar-refractivity contribution is 0.368. The van der Waals surface area contributed by atoms with Crippen molar-refractivity contribution >= 4 is 31.4 Å². The second-order valence-electron chi connectivity index (χ2n) is 7.73. The molecule has 0 aromatic heterocycles. The van der Waals surface area contributed by atoms with Gasteiger partial charge in [0.15, 0.2) is 0 Å². The number of nitrogens with zero attached hydrogens (tertiary/aromatic N) is 2. The number of methoxy groups -OCH3 is 1. The molecule has 0 spiro atoms. The lowest BCUT2D eigenvalue weighted by atomic mass is 9.99. The number of hydrogen-bond donors (Lipinski definition) is 1. The molecular weight excluding hydrogens is 481 g/mol. The predicted octanol–water partition coefficient (Wildman–Crippen LogP) is 3.75. The Hall–Kier alpha value is -3.44. The average Bonchev–Trinajstić information content (AvgIpc) is 3.25. The van der Waals surface area contributed by atoms with E-state index >= 15 is 0 Å². The minimum Gasteiger partial charge on any atom is -0.497 e. The Bertz CT molecular complexity index is 1460. The van der Waals surface area contributed by atoms with E-state index in [0.29, 0.717) is 28.3 Å². The van der Waals surface area contributed by atoms with Gasteiger partial charge in [0.1, 0.15) is 11.6 Å². The molecule has 0 aliphatic carbocycles. The number of nitrogens with one attached hydrogen (secondary N) is 1. The zero-order valence-corrected chi connectivity index (χ0v) is 20.0. The molecule has 1 N–H and O–H groups in total. The number of halogens is 1. The first kappa shape index (κ1) is 23.7. The molecule has 1 aliphatic heterocycles. The van der Waals surface area contributed by atoms with E-state index in [1.807, 2.05) is 0 Å². The Kier molecular flexibility index (Phi) is 6.32. The smallest absolute Gasteiger partial charge is 0.279 e. The standard InChI is InChI=1S/C23H22FN3O5S2/c1-32-20-8-4-6-17(14-20)23-15-22(16-5-3-7-19(13-16)26-33(2,28)29)25-27(23)34(30,31)21-11-9-18(24)10-12-21/h3-14,23,26H,15H2,1-2H3/t23-/m1/s1. The summed E-state index contributed by atoms with van der Waals surface area (Å²) < 4.78 is 72.4. The fourth-order valence-corrected chi connectivity index (χ4v) is 5.66. The van der Waals surface area contributed by atoms with Crippen LogP contribution in [0.5, 0.6) is 5.75 Å². The number of sulfonamides is 2. The molecule has 178 valence electrons. The Morgan fingerprint density at radius 3 is 2.38 bits per heavy atom. The molecule has 0 saturated carbocycles. The van der Waals surface area contributed by atoms with Gasteiger partial charge in [-0.1, -0.05) is 24.3 Å². The van der Waals surface area contributed by atoms with Crippen LogP contribution >= 0.6 is 0 Å². The fraction of sp³-hybridized carbons (Fsp3) is 0.174. The van der Waals surface area contributed by atoms with Gasteiger partial charge in [0, 0.05) is 12.1 Å². The monoisotopic (exact) mass is 503 g/mol. The minimum absolute atomic E-state index is 0.0979. The highest BCUT2D eigenvalue weighted by Crippen LogP contribution is 2.38. The summed E-state index contributed by atoms with van der Waals surface area (Å²) in [5.41, 5.74) is 2.02.